The average Bonchev–Trinajstić information content (AvgIpc) is 3.03. The van der Waals surface area contributed by atoms with E-state index in [1.165, 1.54) is 0 Å². The van der Waals surface area contributed by atoms with Crippen molar-refractivity contribution in [1.29, 1.82) is 0 Å². The molecule has 0 radical (unpaired) electrons. The van der Waals surface area contributed by atoms with Crippen molar-refractivity contribution in [2.24, 2.45) is 5.16 Å². The van der Waals surface area contributed by atoms with Crippen molar-refractivity contribution < 1.29 is 23.8 Å². The highest BCUT2D eigenvalue weighted by atomic mass is 35.5. The van der Waals surface area contributed by atoms with Crippen molar-refractivity contribution in [3.8, 4) is 5.75 Å². The molecule has 0 N–H and O–H groups in total. The monoisotopic (exact) mass is 397 g/mol. The van der Waals surface area contributed by atoms with Gasteiger partial charge in [0.2, 0.25) is 0 Å². The van der Waals surface area contributed by atoms with Crippen LogP contribution in [0.15, 0.2) is 23.4 Å². The van der Waals surface area contributed by atoms with Gasteiger partial charge in [0, 0.05) is 17.2 Å². The molecule has 150 valence electrons. The highest BCUT2D eigenvalue weighted by Crippen LogP contribution is 2.28. The minimum atomic E-state index is -0.786. The molecule has 0 aliphatic carbocycles. The number of nitrogens with zero attached hydrogens (tertiary/aromatic N) is 1. The number of halogens is 1. The van der Waals surface area contributed by atoms with Crippen molar-refractivity contribution in [3.63, 3.8) is 0 Å². The quantitative estimate of drug-likeness (QED) is 0.481. The second-order valence-electron chi connectivity index (χ2n) is 7.42. The first-order valence-corrected chi connectivity index (χ1v) is 9.60. The summed E-state index contributed by atoms with van der Waals surface area (Å²) in [6.07, 6.45) is 0.915. The van der Waals surface area contributed by atoms with Gasteiger partial charge < -0.3 is 19.0 Å². The SMILES string of the molecule is CCCCO[C@@H]1CON=C1c1cc(Cl)ccc1O[C@@H](C)C(=O)OC(C)(C)C. The third-order valence-electron chi connectivity index (χ3n) is 3.77. The molecule has 2 atom stereocenters. The predicted molar refractivity (Wildman–Crippen MR) is 105 cm³/mol. The van der Waals surface area contributed by atoms with Gasteiger partial charge in [0.15, 0.2) is 6.10 Å². The second-order valence-corrected chi connectivity index (χ2v) is 7.86. The molecular formula is C20H28ClNO5. The lowest BCUT2D eigenvalue weighted by Gasteiger charge is -2.23. The molecule has 0 unspecified atom stereocenters. The van der Waals surface area contributed by atoms with Gasteiger partial charge in [-0.15, -0.1) is 0 Å². The molecule has 1 aliphatic rings. The third-order valence-corrected chi connectivity index (χ3v) is 4.01. The van der Waals surface area contributed by atoms with E-state index in [0.717, 1.165) is 12.8 Å². The van der Waals surface area contributed by atoms with Gasteiger partial charge >= 0.3 is 5.97 Å². The van der Waals surface area contributed by atoms with Gasteiger partial charge in [0.1, 0.15) is 29.8 Å². The molecule has 0 amide bonds. The van der Waals surface area contributed by atoms with Crippen LogP contribution in [0.4, 0.5) is 0 Å². The Morgan fingerprint density at radius 3 is 2.81 bits per heavy atom. The van der Waals surface area contributed by atoms with Crippen LogP contribution < -0.4 is 4.74 Å². The minimum absolute atomic E-state index is 0.297. The molecule has 0 bridgehead atoms. The van der Waals surface area contributed by atoms with Gasteiger partial charge in [0.05, 0.1) is 0 Å². The van der Waals surface area contributed by atoms with Crippen LogP contribution in [0.5, 0.6) is 5.75 Å². The van der Waals surface area contributed by atoms with Gasteiger partial charge in [-0.3, -0.25) is 0 Å². The fourth-order valence-electron chi connectivity index (χ4n) is 2.46. The average molecular weight is 398 g/mol. The minimum Gasteiger partial charge on any atom is -0.478 e. The van der Waals surface area contributed by atoms with Gasteiger partial charge in [0.25, 0.3) is 0 Å². The standard InChI is InChI=1S/C20H28ClNO5/c1-6-7-10-24-17-12-25-22-18(17)15-11-14(21)8-9-16(15)26-13(2)19(23)27-20(3,4)5/h8-9,11,13,17H,6-7,10,12H2,1-5H3/t13-,17+/m0/s1. The van der Waals surface area contributed by atoms with Gasteiger partial charge in [-0.25, -0.2) is 4.79 Å². The molecule has 1 aromatic rings. The molecule has 7 heteroatoms. The molecule has 0 fully saturated rings. The number of ether oxygens (including phenoxy) is 3. The first kappa shape index (κ1) is 21.5. The van der Waals surface area contributed by atoms with Crippen LogP contribution in [0.1, 0.15) is 53.0 Å². The summed E-state index contributed by atoms with van der Waals surface area (Å²) in [7, 11) is 0. The molecular weight excluding hydrogens is 370 g/mol. The summed E-state index contributed by atoms with van der Waals surface area (Å²) in [5.74, 6) is 0.0369. The number of benzene rings is 1. The lowest BCUT2D eigenvalue weighted by Crippen LogP contribution is -2.34. The van der Waals surface area contributed by atoms with Crippen LogP contribution in [-0.4, -0.2) is 42.7 Å². The molecule has 0 saturated carbocycles. The highest BCUT2D eigenvalue weighted by Gasteiger charge is 2.30. The molecule has 1 aromatic carbocycles. The molecule has 0 spiro atoms. The van der Waals surface area contributed by atoms with Crippen molar-refractivity contribution in [2.45, 2.75) is 65.3 Å². The van der Waals surface area contributed by atoms with Gasteiger partial charge in [-0.1, -0.05) is 30.1 Å². The summed E-state index contributed by atoms with van der Waals surface area (Å²) in [5, 5.41) is 4.65. The maximum Gasteiger partial charge on any atom is 0.347 e. The Kier molecular flexibility index (Phi) is 7.50. The summed E-state index contributed by atoms with van der Waals surface area (Å²) < 4.78 is 17.1. The summed E-state index contributed by atoms with van der Waals surface area (Å²) >= 11 is 6.17. The number of hydrogen-bond acceptors (Lipinski definition) is 6. The maximum absolute atomic E-state index is 12.2. The number of rotatable bonds is 8. The first-order valence-electron chi connectivity index (χ1n) is 9.22. The summed E-state index contributed by atoms with van der Waals surface area (Å²) in [6.45, 7) is 10.1. The Morgan fingerprint density at radius 2 is 2.15 bits per heavy atom. The molecule has 2 rings (SSSR count). The van der Waals surface area contributed by atoms with E-state index in [-0.39, 0.29) is 6.10 Å². The molecule has 0 saturated heterocycles. The number of esters is 1. The van der Waals surface area contributed by atoms with E-state index >= 15 is 0 Å². The second kappa shape index (κ2) is 9.42. The van der Waals surface area contributed by atoms with Crippen LogP contribution in [0.25, 0.3) is 0 Å². The summed E-state index contributed by atoms with van der Waals surface area (Å²) in [4.78, 5) is 17.5. The Bertz CT molecular complexity index is 683. The number of hydrogen-bond donors (Lipinski definition) is 0. The van der Waals surface area contributed by atoms with Crippen LogP contribution >= 0.6 is 11.6 Å². The number of oxime groups is 1. The maximum atomic E-state index is 12.2. The third kappa shape index (κ3) is 6.40. The Labute approximate surface area is 165 Å². The van der Waals surface area contributed by atoms with E-state index < -0.39 is 17.7 Å². The van der Waals surface area contributed by atoms with E-state index in [0.29, 0.717) is 35.3 Å². The number of carbonyl (C=O) groups is 1. The van der Waals surface area contributed by atoms with Crippen LogP contribution in [-0.2, 0) is 19.1 Å². The van der Waals surface area contributed by atoms with Gasteiger partial charge in [-0.05, 0) is 52.3 Å². The molecule has 1 aliphatic heterocycles. The van der Waals surface area contributed by atoms with Crippen molar-refractivity contribution in [2.75, 3.05) is 13.2 Å². The van der Waals surface area contributed by atoms with Gasteiger partial charge in [-0.2, -0.15) is 0 Å². The van der Waals surface area contributed by atoms with E-state index in [4.69, 9.17) is 30.6 Å². The molecule has 27 heavy (non-hydrogen) atoms. The highest BCUT2D eigenvalue weighted by molar-refractivity contribution is 6.31. The molecule has 1 heterocycles. The predicted octanol–water partition coefficient (Wildman–Crippen LogP) is 4.37. The Balaban J connectivity index is 2.18. The van der Waals surface area contributed by atoms with E-state index in [9.17, 15) is 4.79 Å². The summed E-state index contributed by atoms with van der Waals surface area (Å²) in [6, 6.07) is 5.15. The van der Waals surface area contributed by atoms with Crippen molar-refractivity contribution >= 4 is 23.3 Å². The first-order chi connectivity index (χ1) is 12.7. The lowest BCUT2D eigenvalue weighted by molar-refractivity contribution is -0.162. The number of carbonyl (C=O) groups excluding carboxylic acids is 1. The van der Waals surface area contributed by atoms with E-state index in [2.05, 4.69) is 12.1 Å². The number of unbranched alkanes of at least 4 members (excludes halogenated alkanes) is 1. The van der Waals surface area contributed by atoms with E-state index in [1.807, 2.05) is 20.8 Å². The Morgan fingerprint density at radius 1 is 1.41 bits per heavy atom. The Hall–Kier alpha value is -1.79. The zero-order valence-electron chi connectivity index (χ0n) is 16.6. The van der Waals surface area contributed by atoms with Crippen LogP contribution in [0.2, 0.25) is 5.02 Å². The smallest absolute Gasteiger partial charge is 0.347 e. The molecule has 0 aromatic heterocycles. The van der Waals surface area contributed by atoms with E-state index in [1.54, 1.807) is 25.1 Å². The normalized spacial score (nSPS) is 17.9. The summed E-state index contributed by atoms with van der Waals surface area (Å²) in [5.41, 5.74) is 0.677. The topological polar surface area (TPSA) is 66.3 Å². The zero-order valence-corrected chi connectivity index (χ0v) is 17.3. The van der Waals surface area contributed by atoms with Crippen LogP contribution in [0.3, 0.4) is 0 Å². The van der Waals surface area contributed by atoms with Crippen molar-refractivity contribution in [1.82, 2.24) is 0 Å². The van der Waals surface area contributed by atoms with Crippen molar-refractivity contribution in [3.05, 3.63) is 28.8 Å². The fraction of sp³-hybridized carbons (Fsp3) is 0.600. The fourth-order valence-corrected chi connectivity index (χ4v) is 2.63. The zero-order chi connectivity index (χ0) is 20.0. The lowest BCUT2D eigenvalue weighted by atomic mass is 10.0. The largest absolute Gasteiger partial charge is 0.478 e. The van der Waals surface area contributed by atoms with Crippen LogP contribution in [0, 0.1) is 0 Å². The molecule has 6 nitrogen and oxygen atoms in total.